The molecule has 6 nitrogen and oxygen atoms in total. The van der Waals surface area contributed by atoms with Gasteiger partial charge in [-0.05, 0) is 18.3 Å². The summed E-state index contributed by atoms with van der Waals surface area (Å²) in [6.45, 7) is 16.3. The van der Waals surface area contributed by atoms with Crippen molar-refractivity contribution in [1.29, 1.82) is 0 Å². The Kier molecular flexibility index (Phi) is 18.4. The molecule has 0 fully saturated rings. The Bertz CT molecular complexity index is 255. The topological polar surface area (TPSA) is 55.4 Å². The lowest BCUT2D eigenvalue weighted by Gasteiger charge is -2.17. The maximum atomic E-state index is 5.52. The summed E-state index contributed by atoms with van der Waals surface area (Å²) >= 11 is 0. The van der Waals surface area contributed by atoms with E-state index in [0.717, 1.165) is 26.1 Å². The minimum atomic E-state index is 0.325. The lowest BCUT2D eigenvalue weighted by atomic mass is 9.93. The van der Waals surface area contributed by atoms with Crippen LogP contribution >= 0.6 is 0 Å². The van der Waals surface area contributed by atoms with Crippen molar-refractivity contribution in [2.75, 3.05) is 79.3 Å². The number of hydrogen-bond donors (Lipinski definition) is 0. The monoisotopic (exact) mass is 364 g/mol. The van der Waals surface area contributed by atoms with Crippen LogP contribution in [0.25, 0.3) is 0 Å². The van der Waals surface area contributed by atoms with Crippen LogP contribution < -0.4 is 0 Å². The fourth-order valence-corrected chi connectivity index (χ4v) is 1.72. The first-order chi connectivity index (χ1) is 12.1. The second-order valence-electron chi connectivity index (χ2n) is 6.98. The van der Waals surface area contributed by atoms with E-state index in [-0.39, 0.29) is 0 Å². The van der Waals surface area contributed by atoms with Crippen molar-refractivity contribution in [1.82, 2.24) is 0 Å². The standard InChI is InChI=1S/C19H40O6/c1-5-7-20-9-11-22-13-15-24-17-18-25-16-14-23-12-10-21-8-6-19(2,3)4/h5-18H2,1-4H3. The lowest BCUT2D eigenvalue weighted by molar-refractivity contribution is -0.0175. The quantitative estimate of drug-likeness (QED) is 0.329. The Morgan fingerprint density at radius 1 is 0.440 bits per heavy atom. The van der Waals surface area contributed by atoms with E-state index in [1.54, 1.807) is 0 Å². The molecule has 0 radical (unpaired) electrons. The molecule has 0 saturated carbocycles. The van der Waals surface area contributed by atoms with Gasteiger partial charge in [-0.25, -0.2) is 0 Å². The van der Waals surface area contributed by atoms with Gasteiger partial charge in [-0.2, -0.15) is 0 Å². The third-order valence-corrected chi connectivity index (χ3v) is 3.20. The van der Waals surface area contributed by atoms with Crippen LogP contribution in [0.2, 0.25) is 0 Å². The van der Waals surface area contributed by atoms with E-state index in [2.05, 4.69) is 27.7 Å². The first-order valence-electron chi connectivity index (χ1n) is 9.52. The van der Waals surface area contributed by atoms with Crippen LogP contribution in [-0.2, 0) is 28.4 Å². The number of ether oxygens (including phenoxy) is 6. The van der Waals surface area contributed by atoms with E-state index in [1.807, 2.05) is 0 Å². The molecule has 0 N–H and O–H groups in total. The van der Waals surface area contributed by atoms with Crippen LogP contribution in [0.1, 0.15) is 40.5 Å². The predicted molar refractivity (Wildman–Crippen MR) is 99.3 cm³/mol. The zero-order chi connectivity index (χ0) is 18.6. The fraction of sp³-hybridized carbons (Fsp3) is 1.00. The number of rotatable bonds is 19. The van der Waals surface area contributed by atoms with Crippen LogP contribution in [0, 0.1) is 5.41 Å². The van der Waals surface area contributed by atoms with E-state index < -0.39 is 0 Å². The van der Waals surface area contributed by atoms with Crippen LogP contribution in [0.5, 0.6) is 0 Å². The summed E-state index contributed by atoms with van der Waals surface area (Å²) in [5.41, 5.74) is 0.325. The van der Waals surface area contributed by atoms with Gasteiger partial charge < -0.3 is 28.4 Å². The van der Waals surface area contributed by atoms with Gasteiger partial charge in [-0.1, -0.05) is 27.7 Å². The Hall–Kier alpha value is -0.240. The van der Waals surface area contributed by atoms with Gasteiger partial charge in [-0.3, -0.25) is 0 Å². The lowest BCUT2D eigenvalue weighted by Crippen LogP contribution is -2.15. The molecule has 6 heteroatoms. The van der Waals surface area contributed by atoms with Gasteiger partial charge in [0.25, 0.3) is 0 Å². The Labute approximate surface area is 154 Å². The molecule has 152 valence electrons. The zero-order valence-corrected chi connectivity index (χ0v) is 16.8. The predicted octanol–water partition coefficient (Wildman–Crippen LogP) is 2.93. The van der Waals surface area contributed by atoms with Crippen molar-refractivity contribution < 1.29 is 28.4 Å². The van der Waals surface area contributed by atoms with Crippen molar-refractivity contribution >= 4 is 0 Å². The molecule has 0 aliphatic rings. The van der Waals surface area contributed by atoms with Crippen LogP contribution in [0.15, 0.2) is 0 Å². The molecule has 25 heavy (non-hydrogen) atoms. The molecule has 0 heterocycles. The van der Waals surface area contributed by atoms with Crippen LogP contribution in [0.3, 0.4) is 0 Å². The third kappa shape index (κ3) is 23.8. The molecule has 0 amide bonds. The molecule has 0 spiro atoms. The molecule has 0 aliphatic carbocycles. The first kappa shape index (κ1) is 24.8. The summed E-state index contributed by atoms with van der Waals surface area (Å²) in [5, 5.41) is 0. The minimum absolute atomic E-state index is 0.325. The Morgan fingerprint density at radius 2 is 0.720 bits per heavy atom. The van der Waals surface area contributed by atoms with Gasteiger partial charge in [0, 0.05) is 13.2 Å². The van der Waals surface area contributed by atoms with Crippen molar-refractivity contribution in [2.24, 2.45) is 5.41 Å². The summed E-state index contributed by atoms with van der Waals surface area (Å²) in [7, 11) is 0. The SMILES string of the molecule is CCCOCCOCCOCCOCCOCCOCCC(C)(C)C. The highest BCUT2D eigenvalue weighted by molar-refractivity contribution is 4.59. The maximum absolute atomic E-state index is 5.52. The van der Waals surface area contributed by atoms with E-state index in [0.29, 0.717) is 71.5 Å². The van der Waals surface area contributed by atoms with Crippen molar-refractivity contribution in [3.8, 4) is 0 Å². The van der Waals surface area contributed by atoms with Gasteiger partial charge >= 0.3 is 0 Å². The molecule has 0 aliphatic heterocycles. The molecule has 0 unspecified atom stereocenters. The second-order valence-corrected chi connectivity index (χ2v) is 6.98. The molecular weight excluding hydrogens is 324 g/mol. The Balaban J connectivity index is 3.01. The van der Waals surface area contributed by atoms with E-state index in [1.165, 1.54) is 0 Å². The second kappa shape index (κ2) is 18.5. The summed E-state index contributed by atoms with van der Waals surface area (Å²) in [6, 6.07) is 0. The third-order valence-electron chi connectivity index (χ3n) is 3.20. The Morgan fingerprint density at radius 3 is 1.00 bits per heavy atom. The van der Waals surface area contributed by atoms with Crippen molar-refractivity contribution in [3.63, 3.8) is 0 Å². The van der Waals surface area contributed by atoms with Gasteiger partial charge in [-0.15, -0.1) is 0 Å². The van der Waals surface area contributed by atoms with Crippen LogP contribution in [0.4, 0.5) is 0 Å². The average Bonchev–Trinajstić information content (AvgIpc) is 2.56. The van der Waals surface area contributed by atoms with Gasteiger partial charge in [0.1, 0.15) is 0 Å². The normalized spacial score (nSPS) is 12.0. The summed E-state index contributed by atoms with van der Waals surface area (Å²) in [4.78, 5) is 0. The highest BCUT2D eigenvalue weighted by Gasteiger charge is 2.08. The molecule has 0 saturated heterocycles. The molecular formula is C19H40O6. The zero-order valence-electron chi connectivity index (χ0n) is 16.8. The fourth-order valence-electron chi connectivity index (χ4n) is 1.72. The molecule has 0 bridgehead atoms. The molecule has 0 atom stereocenters. The molecule has 0 aromatic carbocycles. The average molecular weight is 365 g/mol. The highest BCUT2D eigenvalue weighted by atomic mass is 16.6. The van der Waals surface area contributed by atoms with Crippen LogP contribution in [-0.4, -0.2) is 79.3 Å². The van der Waals surface area contributed by atoms with Gasteiger partial charge in [0.2, 0.25) is 0 Å². The molecule has 0 aromatic heterocycles. The highest BCUT2D eigenvalue weighted by Crippen LogP contribution is 2.17. The largest absolute Gasteiger partial charge is 0.379 e. The maximum Gasteiger partial charge on any atom is 0.0701 e. The molecule has 0 rings (SSSR count). The summed E-state index contributed by atoms with van der Waals surface area (Å²) in [6.07, 6.45) is 2.10. The summed E-state index contributed by atoms with van der Waals surface area (Å²) < 4.78 is 32.5. The number of hydrogen-bond acceptors (Lipinski definition) is 6. The van der Waals surface area contributed by atoms with E-state index in [4.69, 9.17) is 28.4 Å². The first-order valence-corrected chi connectivity index (χ1v) is 9.52. The van der Waals surface area contributed by atoms with Gasteiger partial charge in [0.05, 0.1) is 66.1 Å². The minimum Gasteiger partial charge on any atom is -0.379 e. The van der Waals surface area contributed by atoms with Crippen molar-refractivity contribution in [2.45, 2.75) is 40.5 Å². The van der Waals surface area contributed by atoms with E-state index >= 15 is 0 Å². The summed E-state index contributed by atoms with van der Waals surface area (Å²) in [5.74, 6) is 0. The van der Waals surface area contributed by atoms with Gasteiger partial charge in [0.15, 0.2) is 0 Å². The smallest absolute Gasteiger partial charge is 0.0701 e. The van der Waals surface area contributed by atoms with E-state index in [9.17, 15) is 0 Å². The molecule has 0 aromatic rings. The van der Waals surface area contributed by atoms with Crippen molar-refractivity contribution in [3.05, 3.63) is 0 Å².